The number of piperidine rings is 1. The number of aromatic nitrogens is 1. The van der Waals surface area contributed by atoms with Gasteiger partial charge in [0.2, 0.25) is 0 Å². The Labute approximate surface area is 124 Å². The van der Waals surface area contributed by atoms with Crippen molar-refractivity contribution in [3.63, 3.8) is 0 Å². The SMILES string of the molecule is CCO[C@@H]1C[C@@H](O)C12CCN(Cc1nc(C)cs1)CC2. The van der Waals surface area contributed by atoms with Crippen molar-refractivity contribution in [1.29, 1.82) is 0 Å². The van der Waals surface area contributed by atoms with Gasteiger partial charge in [0.05, 0.1) is 18.8 Å². The van der Waals surface area contributed by atoms with E-state index in [-0.39, 0.29) is 17.6 Å². The molecule has 1 aromatic rings. The van der Waals surface area contributed by atoms with Crippen LogP contribution >= 0.6 is 11.3 Å². The number of rotatable bonds is 4. The fraction of sp³-hybridized carbons (Fsp3) is 0.800. The number of thiazole rings is 1. The van der Waals surface area contributed by atoms with Gasteiger partial charge in [0.25, 0.3) is 0 Å². The topological polar surface area (TPSA) is 45.6 Å². The molecule has 1 spiro atoms. The van der Waals surface area contributed by atoms with Crippen LogP contribution in [0.2, 0.25) is 0 Å². The summed E-state index contributed by atoms with van der Waals surface area (Å²) in [5.41, 5.74) is 1.15. The lowest BCUT2D eigenvalue weighted by Crippen LogP contribution is -2.62. The number of hydrogen-bond donors (Lipinski definition) is 1. The Balaban J connectivity index is 1.56. The third-order valence-electron chi connectivity index (χ3n) is 4.92. The van der Waals surface area contributed by atoms with Crippen molar-refractivity contribution in [3.8, 4) is 0 Å². The number of hydrogen-bond acceptors (Lipinski definition) is 5. The fourth-order valence-electron chi connectivity index (χ4n) is 3.61. The Morgan fingerprint density at radius 3 is 2.80 bits per heavy atom. The minimum absolute atomic E-state index is 0.0330. The predicted octanol–water partition coefficient (Wildman–Crippen LogP) is 2.20. The number of aliphatic hydroxyl groups is 1. The number of aryl methyl sites for hydroxylation is 1. The Bertz CT molecular complexity index is 452. The first-order valence-corrected chi connectivity index (χ1v) is 8.45. The van der Waals surface area contributed by atoms with Crippen LogP contribution in [0.5, 0.6) is 0 Å². The van der Waals surface area contributed by atoms with Crippen molar-refractivity contribution >= 4 is 11.3 Å². The average Bonchev–Trinajstić information content (AvgIpc) is 2.85. The third kappa shape index (κ3) is 2.52. The summed E-state index contributed by atoms with van der Waals surface area (Å²) >= 11 is 1.75. The van der Waals surface area contributed by atoms with Gasteiger partial charge < -0.3 is 9.84 Å². The molecule has 0 unspecified atom stereocenters. The number of ether oxygens (including phenoxy) is 1. The summed E-state index contributed by atoms with van der Waals surface area (Å²) in [6, 6.07) is 0. The maximum absolute atomic E-state index is 10.2. The Morgan fingerprint density at radius 2 is 2.25 bits per heavy atom. The lowest BCUT2D eigenvalue weighted by molar-refractivity contribution is -0.209. The molecule has 1 saturated heterocycles. The van der Waals surface area contributed by atoms with E-state index >= 15 is 0 Å². The van der Waals surface area contributed by atoms with E-state index < -0.39 is 0 Å². The standard InChI is InChI=1S/C15H24N2O2S/c1-3-19-13-8-12(18)15(13)4-6-17(7-5-15)9-14-16-11(2)10-20-14/h10,12-13,18H,3-9H2,1-2H3/t12-,13-/m1/s1. The highest BCUT2D eigenvalue weighted by Gasteiger charge is 2.55. The summed E-state index contributed by atoms with van der Waals surface area (Å²) in [7, 11) is 0. The highest BCUT2D eigenvalue weighted by Crippen LogP contribution is 2.51. The monoisotopic (exact) mass is 296 g/mol. The van der Waals surface area contributed by atoms with E-state index in [1.165, 1.54) is 5.01 Å². The maximum Gasteiger partial charge on any atom is 0.107 e. The quantitative estimate of drug-likeness (QED) is 0.925. The summed E-state index contributed by atoms with van der Waals surface area (Å²) in [4.78, 5) is 6.99. The first-order valence-electron chi connectivity index (χ1n) is 7.57. The van der Waals surface area contributed by atoms with Gasteiger partial charge in [-0.15, -0.1) is 11.3 Å². The van der Waals surface area contributed by atoms with Crippen LogP contribution in [0, 0.1) is 12.3 Å². The van der Waals surface area contributed by atoms with Crippen molar-refractivity contribution < 1.29 is 9.84 Å². The molecule has 1 aliphatic carbocycles. The van der Waals surface area contributed by atoms with Crippen molar-refractivity contribution in [3.05, 3.63) is 16.1 Å². The molecule has 1 saturated carbocycles. The summed E-state index contributed by atoms with van der Waals surface area (Å²) in [5, 5.41) is 13.5. The predicted molar refractivity (Wildman–Crippen MR) is 79.8 cm³/mol. The number of likely N-dealkylation sites (tertiary alicyclic amines) is 1. The summed E-state index contributed by atoms with van der Waals surface area (Å²) in [5.74, 6) is 0. The molecular formula is C15H24N2O2S. The van der Waals surface area contributed by atoms with Crippen LogP contribution in [0.3, 0.4) is 0 Å². The highest BCUT2D eigenvalue weighted by atomic mass is 32.1. The molecule has 1 N–H and O–H groups in total. The van der Waals surface area contributed by atoms with Gasteiger partial charge in [-0.1, -0.05) is 0 Å². The Morgan fingerprint density at radius 1 is 1.50 bits per heavy atom. The van der Waals surface area contributed by atoms with E-state index in [4.69, 9.17) is 4.74 Å². The van der Waals surface area contributed by atoms with Crippen LogP contribution in [-0.2, 0) is 11.3 Å². The van der Waals surface area contributed by atoms with Gasteiger partial charge in [0.1, 0.15) is 5.01 Å². The number of nitrogens with zero attached hydrogens (tertiary/aromatic N) is 2. The van der Waals surface area contributed by atoms with E-state index in [0.29, 0.717) is 0 Å². The zero-order chi connectivity index (χ0) is 14.2. The van der Waals surface area contributed by atoms with Crippen LogP contribution in [0.1, 0.15) is 36.9 Å². The lowest BCUT2D eigenvalue weighted by atomic mass is 9.58. The minimum atomic E-state index is -0.164. The summed E-state index contributed by atoms with van der Waals surface area (Å²) < 4.78 is 5.81. The smallest absolute Gasteiger partial charge is 0.107 e. The van der Waals surface area contributed by atoms with Gasteiger partial charge in [-0.25, -0.2) is 4.98 Å². The normalized spacial score (nSPS) is 29.6. The molecule has 112 valence electrons. The van der Waals surface area contributed by atoms with E-state index in [9.17, 15) is 5.11 Å². The maximum atomic E-state index is 10.2. The van der Waals surface area contributed by atoms with Crippen molar-refractivity contribution in [1.82, 2.24) is 9.88 Å². The molecule has 0 bridgehead atoms. The molecule has 2 fully saturated rings. The zero-order valence-electron chi connectivity index (χ0n) is 12.3. The molecule has 2 heterocycles. The Hall–Kier alpha value is -0.490. The van der Waals surface area contributed by atoms with Gasteiger partial charge in [-0.3, -0.25) is 4.90 Å². The van der Waals surface area contributed by atoms with Crippen LogP contribution in [0.4, 0.5) is 0 Å². The van der Waals surface area contributed by atoms with E-state index in [1.54, 1.807) is 11.3 Å². The first-order chi connectivity index (χ1) is 9.64. The minimum Gasteiger partial charge on any atom is -0.392 e. The summed E-state index contributed by atoms with van der Waals surface area (Å²) in [6.07, 6.45) is 3.02. The molecule has 0 amide bonds. The van der Waals surface area contributed by atoms with Gasteiger partial charge in [-0.05, 0) is 39.8 Å². The van der Waals surface area contributed by atoms with E-state index in [1.807, 2.05) is 13.8 Å². The van der Waals surface area contributed by atoms with E-state index in [0.717, 1.165) is 51.2 Å². The van der Waals surface area contributed by atoms with Crippen LogP contribution in [-0.4, -0.2) is 46.9 Å². The van der Waals surface area contributed by atoms with Crippen molar-refractivity contribution in [2.45, 2.75) is 51.9 Å². The molecule has 3 rings (SSSR count). The largest absolute Gasteiger partial charge is 0.392 e. The molecule has 2 aliphatic rings. The molecule has 2 atom stereocenters. The number of aliphatic hydroxyl groups excluding tert-OH is 1. The van der Waals surface area contributed by atoms with Crippen molar-refractivity contribution in [2.75, 3.05) is 19.7 Å². The molecular weight excluding hydrogens is 272 g/mol. The second kappa shape index (κ2) is 5.72. The van der Waals surface area contributed by atoms with Crippen LogP contribution in [0.15, 0.2) is 5.38 Å². The van der Waals surface area contributed by atoms with Gasteiger partial charge in [-0.2, -0.15) is 0 Å². The van der Waals surface area contributed by atoms with Gasteiger partial charge >= 0.3 is 0 Å². The van der Waals surface area contributed by atoms with Crippen molar-refractivity contribution in [2.24, 2.45) is 5.41 Å². The van der Waals surface area contributed by atoms with Gasteiger partial charge in [0.15, 0.2) is 0 Å². The third-order valence-corrected chi connectivity index (χ3v) is 5.87. The Kier molecular flexibility index (Phi) is 4.13. The molecule has 5 heteroatoms. The zero-order valence-corrected chi connectivity index (χ0v) is 13.2. The van der Waals surface area contributed by atoms with E-state index in [2.05, 4.69) is 15.3 Å². The van der Waals surface area contributed by atoms with Gasteiger partial charge in [0, 0.05) is 29.5 Å². The first kappa shape index (κ1) is 14.4. The molecule has 20 heavy (non-hydrogen) atoms. The second-order valence-corrected chi connectivity index (χ2v) is 7.03. The molecule has 0 aromatic carbocycles. The summed E-state index contributed by atoms with van der Waals surface area (Å²) in [6.45, 7) is 7.87. The fourth-order valence-corrected chi connectivity index (χ4v) is 4.42. The highest BCUT2D eigenvalue weighted by molar-refractivity contribution is 7.09. The van der Waals surface area contributed by atoms with Crippen LogP contribution < -0.4 is 0 Å². The molecule has 1 aromatic heterocycles. The second-order valence-electron chi connectivity index (χ2n) is 6.09. The average molecular weight is 296 g/mol. The molecule has 0 radical (unpaired) electrons. The molecule has 4 nitrogen and oxygen atoms in total. The molecule has 1 aliphatic heterocycles. The lowest BCUT2D eigenvalue weighted by Gasteiger charge is -2.56. The van der Waals surface area contributed by atoms with Crippen LogP contribution in [0.25, 0.3) is 0 Å².